The van der Waals surface area contributed by atoms with E-state index in [9.17, 15) is 4.79 Å². The van der Waals surface area contributed by atoms with Crippen molar-refractivity contribution >= 4 is 6.16 Å². The van der Waals surface area contributed by atoms with Crippen LogP contribution in [0.2, 0.25) is 0 Å². The summed E-state index contributed by atoms with van der Waals surface area (Å²) in [6, 6.07) is 0. The zero-order valence-electron chi connectivity index (χ0n) is 13.3. The van der Waals surface area contributed by atoms with Gasteiger partial charge >= 0.3 is 6.16 Å². The highest BCUT2D eigenvalue weighted by atomic mass is 16.7. The molecule has 0 aromatic carbocycles. The summed E-state index contributed by atoms with van der Waals surface area (Å²) >= 11 is 0. The van der Waals surface area contributed by atoms with Crippen molar-refractivity contribution in [2.24, 2.45) is 22.7 Å². The molecule has 0 bridgehead atoms. The van der Waals surface area contributed by atoms with Crippen molar-refractivity contribution < 1.29 is 14.6 Å². The predicted octanol–water partition coefficient (Wildman–Crippen LogP) is 4.95. The Kier molecular flexibility index (Phi) is 4.91. The molecular formula is C16H30O3. The Morgan fingerprint density at radius 2 is 1.95 bits per heavy atom. The SMILES string of the molecule is CCC(C)(C)C1CC(C)CC(C)(C)CC1OC(=O)O. The minimum atomic E-state index is -1.13. The van der Waals surface area contributed by atoms with E-state index < -0.39 is 6.16 Å². The summed E-state index contributed by atoms with van der Waals surface area (Å²) in [5.74, 6) is 0.929. The fourth-order valence-electron chi connectivity index (χ4n) is 3.72. The first-order valence-electron chi connectivity index (χ1n) is 7.47. The summed E-state index contributed by atoms with van der Waals surface area (Å²) in [4.78, 5) is 11.0. The number of hydrogen-bond donors (Lipinski definition) is 1. The highest BCUT2D eigenvalue weighted by Gasteiger charge is 2.43. The Hall–Kier alpha value is -0.730. The first-order chi connectivity index (χ1) is 8.57. The molecule has 3 unspecified atom stereocenters. The van der Waals surface area contributed by atoms with E-state index in [-0.39, 0.29) is 16.9 Å². The lowest BCUT2D eigenvalue weighted by Crippen LogP contribution is -2.38. The molecule has 1 aliphatic rings. The van der Waals surface area contributed by atoms with Gasteiger partial charge in [-0.3, -0.25) is 0 Å². The van der Waals surface area contributed by atoms with E-state index in [1.165, 1.54) is 0 Å². The summed E-state index contributed by atoms with van der Waals surface area (Å²) in [7, 11) is 0. The van der Waals surface area contributed by atoms with Crippen molar-refractivity contribution in [3.63, 3.8) is 0 Å². The molecule has 0 amide bonds. The Balaban J connectivity index is 3.04. The van der Waals surface area contributed by atoms with Gasteiger partial charge in [0.15, 0.2) is 0 Å². The third-order valence-corrected chi connectivity index (χ3v) is 4.93. The van der Waals surface area contributed by atoms with Crippen LogP contribution >= 0.6 is 0 Å². The number of ether oxygens (including phenoxy) is 1. The standard InChI is InChI=1S/C16H30O3/c1-7-16(5,6)12-8-11(2)9-15(3,4)10-13(12)19-14(17)18/h11-13H,7-10H2,1-6H3,(H,17,18). The molecule has 3 nitrogen and oxygen atoms in total. The topological polar surface area (TPSA) is 46.5 Å². The molecule has 1 rings (SSSR count). The molecule has 3 atom stereocenters. The van der Waals surface area contributed by atoms with Gasteiger partial charge in [-0.25, -0.2) is 4.79 Å². The monoisotopic (exact) mass is 270 g/mol. The van der Waals surface area contributed by atoms with E-state index in [1.807, 2.05) is 0 Å². The lowest BCUT2D eigenvalue weighted by molar-refractivity contribution is -0.0262. The molecule has 0 saturated heterocycles. The van der Waals surface area contributed by atoms with Crippen LogP contribution in [-0.2, 0) is 4.74 Å². The highest BCUT2D eigenvalue weighted by Crippen LogP contribution is 2.47. The maximum Gasteiger partial charge on any atom is 0.506 e. The van der Waals surface area contributed by atoms with Crippen molar-refractivity contribution in [2.45, 2.75) is 73.3 Å². The second kappa shape index (κ2) is 5.72. The number of carboxylic acid groups (broad SMARTS) is 1. The summed E-state index contributed by atoms with van der Waals surface area (Å²) < 4.78 is 5.27. The van der Waals surface area contributed by atoms with Crippen LogP contribution in [0.1, 0.15) is 67.2 Å². The predicted molar refractivity (Wildman–Crippen MR) is 77.3 cm³/mol. The van der Waals surface area contributed by atoms with Crippen molar-refractivity contribution in [3.05, 3.63) is 0 Å². The minimum absolute atomic E-state index is 0.120. The second-order valence-corrected chi connectivity index (χ2v) is 7.78. The Morgan fingerprint density at radius 3 is 2.42 bits per heavy atom. The molecule has 19 heavy (non-hydrogen) atoms. The van der Waals surface area contributed by atoms with Gasteiger partial charge in [0.05, 0.1) is 0 Å². The van der Waals surface area contributed by atoms with Gasteiger partial charge in [0.25, 0.3) is 0 Å². The molecule has 0 aliphatic heterocycles. The molecule has 1 fully saturated rings. The van der Waals surface area contributed by atoms with Crippen LogP contribution in [0, 0.1) is 22.7 Å². The van der Waals surface area contributed by atoms with E-state index in [4.69, 9.17) is 9.84 Å². The smallest absolute Gasteiger partial charge is 0.450 e. The second-order valence-electron chi connectivity index (χ2n) is 7.78. The maximum absolute atomic E-state index is 11.0. The summed E-state index contributed by atoms with van der Waals surface area (Å²) in [6.07, 6.45) is 2.77. The van der Waals surface area contributed by atoms with Crippen molar-refractivity contribution in [1.82, 2.24) is 0 Å². The molecule has 0 aromatic rings. The fourth-order valence-corrected chi connectivity index (χ4v) is 3.72. The van der Waals surface area contributed by atoms with Crippen LogP contribution in [0.15, 0.2) is 0 Å². The number of rotatable bonds is 3. The first-order valence-corrected chi connectivity index (χ1v) is 7.47. The lowest BCUT2D eigenvalue weighted by atomic mass is 9.70. The van der Waals surface area contributed by atoms with Gasteiger partial charge in [-0.1, -0.05) is 48.0 Å². The Labute approximate surface area is 117 Å². The van der Waals surface area contributed by atoms with E-state index in [1.54, 1.807) is 0 Å². The lowest BCUT2D eigenvalue weighted by Gasteiger charge is -2.38. The molecule has 0 heterocycles. The van der Waals surface area contributed by atoms with Crippen LogP contribution in [0.3, 0.4) is 0 Å². The van der Waals surface area contributed by atoms with Gasteiger partial charge in [0.2, 0.25) is 0 Å². The van der Waals surface area contributed by atoms with E-state index in [0.717, 1.165) is 25.7 Å². The van der Waals surface area contributed by atoms with Gasteiger partial charge in [-0.15, -0.1) is 0 Å². The Morgan fingerprint density at radius 1 is 1.37 bits per heavy atom. The molecule has 112 valence electrons. The van der Waals surface area contributed by atoms with Crippen molar-refractivity contribution in [3.8, 4) is 0 Å². The summed E-state index contributed by atoms with van der Waals surface area (Å²) in [5, 5.41) is 9.03. The van der Waals surface area contributed by atoms with E-state index in [2.05, 4.69) is 41.5 Å². The third kappa shape index (κ3) is 4.39. The molecule has 1 saturated carbocycles. The Bertz CT molecular complexity index is 320. The van der Waals surface area contributed by atoms with Crippen molar-refractivity contribution in [1.29, 1.82) is 0 Å². The molecular weight excluding hydrogens is 240 g/mol. The van der Waals surface area contributed by atoms with E-state index in [0.29, 0.717) is 11.8 Å². The van der Waals surface area contributed by atoms with Crippen LogP contribution < -0.4 is 0 Å². The van der Waals surface area contributed by atoms with E-state index >= 15 is 0 Å². The molecule has 1 aliphatic carbocycles. The molecule has 0 radical (unpaired) electrons. The van der Waals surface area contributed by atoms with Crippen molar-refractivity contribution in [2.75, 3.05) is 0 Å². The molecule has 0 spiro atoms. The van der Waals surface area contributed by atoms with Crippen LogP contribution in [0.25, 0.3) is 0 Å². The first kappa shape index (κ1) is 16.3. The van der Waals surface area contributed by atoms with Gasteiger partial charge in [0.1, 0.15) is 6.10 Å². The zero-order valence-corrected chi connectivity index (χ0v) is 13.3. The third-order valence-electron chi connectivity index (χ3n) is 4.93. The summed E-state index contributed by atoms with van der Waals surface area (Å²) in [5.41, 5.74) is 0.271. The number of hydrogen-bond acceptors (Lipinski definition) is 2. The average Bonchev–Trinajstić information content (AvgIpc) is 2.33. The normalized spacial score (nSPS) is 31.6. The quantitative estimate of drug-likeness (QED) is 0.583. The molecule has 1 N–H and O–H groups in total. The largest absolute Gasteiger partial charge is 0.506 e. The van der Waals surface area contributed by atoms with Crippen LogP contribution in [-0.4, -0.2) is 17.4 Å². The maximum atomic E-state index is 11.0. The van der Waals surface area contributed by atoms with Gasteiger partial charge in [-0.05, 0) is 36.0 Å². The number of carbonyl (C=O) groups is 1. The minimum Gasteiger partial charge on any atom is -0.450 e. The van der Waals surface area contributed by atoms with Gasteiger partial charge in [-0.2, -0.15) is 0 Å². The fraction of sp³-hybridized carbons (Fsp3) is 0.938. The van der Waals surface area contributed by atoms with Gasteiger partial charge in [0, 0.05) is 5.92 Å². The van der Waals surface area contributed by atoms with Gasteiger partial charge < -0.3 is 9.84 Å². The highest BCUT2D eigenvalue weighted by molar-refractivity contribution is 5.57. The van der Waals surface area contributed by atoms with Crippen LogP contribution in [0.5, 0.6) is 0 Å². The molecule has 3 heteroatoms. The molecule has 0 aromatic heterocycles. The summed E-state index contributed by atoms with van der Waals surface area (Å²) in [6.45, 7) is 13.4. The zero-order chi connectivity index (χ0) is 14.8. The average molecular weight is 270 g/mol. The van der Waals surface area contributed by atoms with Crippen LogP contribution in [0.4, 0.5) is 4.79 Å².